The van der Waals surface area contributed by atoms with Gasteiger partial charge in [-0.1, -0.05) is 30.3 Å². The SMILES string of the molecule is CC(=O)NCc1ccc(C(=O)COC(=O)c2cc(S(C)(=O)=O)ccc2C)cc1. The van der Waals surface area contributed by atoms with Crippen LogP contribution in [0.2, 0.25) is 0 Å². The number of amides is 1. The average molecular weight is 403 g/mol. The molecule has 0 aliphatic rings. The van der Waals surface area contributed by atoms with E-state index in [-0.39, 0.29) is 16.4 Å². The Morgan fingerprint density at radius 3 is 2.25 bits per heavy atom. The van der Waals surface area contributed by atoms with Crippen molar-refractivity contribution in [2.45, 2.75) is 25.3 Å². The molecule has 0 aliphatic carbocycles. The lowest BCUT2D eigenvalue weighted by molar-refractivity contribution is -0.119. The molecule has 0 bridgehead atoms. The first kappa shape index (κ1) is 21.3. The Morgan fingerprint density at radius 1 is 1.04 bits per heavy atom. The molecule has 1 N–H and O–H groups in total. The Kier molecular flexibility index (Phi) is 6.69. The summed E-state index contributed by atoms with van der Waals surface area (Å²) in [6, 6.07) is 10.7. The number of Topliss-reactive ketones (excluding diaryl/α,β-unsaturated/α-hetero) is 1. The highest BCUT2D eigenvalue weighted by molar-refractivity contribution is 7.90. The van der Waals surface area contributed by atoms with Crippen molar-refractivity contribution < 1.29 is 27.5 Å². The van der Waals surface area contributed by atoms with Gasteiger partial charge in [0.15, 0.2) is 22.2 Å². The minimum absolute atomic E-state index is 0.00568. The van der Waals surface area contributed by atoms with Gasteiger partial charge < -0.3 is 10.1 Å². The zero-order valence-electron chi connectivity index (χ0n) is 15.8. The number of ether oxygens (including phenoxy) is 1. The molecule has 0 saturated carbocycles. The number of rotatable bonds is 7. The van der Waals surface area contributed by atoms with Crippen LogP contribution in [0.1, 0.15) is 38.8 Å². The number of esters is 1. The first-order chi connectivity index (χ1) is 13.1. The van der Waals surface area contributed by atoms with Gasteiger partial charge in [-0.2, -0.15) is 0 Å². The molecule has 2 rings (SSSR count). The fourth-order valence-corrected chi connectivity index (χ4v) is 3.03. The van der Waals surface area contributed by atoms with Gasteiger partial charge in [-0.25, -0.2) is 13.2 Å². The van der Waals surface area contributed by atoms with Crippen LogP contribution >= 0.6 is 0 Å². The molecule has 0 heterocycles. The number of benzene rings is 2. The Balaban J connectivity index is 2.03. The van der Waals surface area contributed by atoms with Crippen molar-refractivity contribution in [2.75, 3.05) is 12.9 Å². The van der Waals surface area contributed by atoms with E-state index in [1.807, 2.05) is 0 Å². The molecule has 8 heteroatoms. The molecule has 0 aliphatic heterocycles. The maximum absolute atomic E-state index is 12.3. The number of ketones is 1. The van der Waals surface area contributed by atoms with Gasteiger partial charge in [-0.15, -0.1) is 0 Å². The summed E-state index contributed by atoms with van der Waals surface area (Å²) in [7, 11) is -3.47. The van der Waals surface area contributed by atoms with Gasteiger partial charge in [0.25, 0.3) is 0 Å². The standard InChI is InChI=1S/C20H21NO6S/c1-13-4-9-17(28(3,25)26)10-18(13)20(24)27-12-19(23)16-7-5-15(6-8-16)11-21-14(2)22/h4-10H,11-12H2,1-3H3,(H,21,22). The molecule has 148 valence electrons. The van der Waals surface area contributed by atoms with Crippen LogP contribution in [0.3, 0.4) is 0 Å². The van der Waals surface area contributed by atoms with E-state index in [0.29, 0.717) is 17.7 Å². The number of nitrogens with one attached hydrogen (secondary N) is 1. The van der Waals surface area contributed by atoms with Crippen molar-refractivity contribution in [1.29, 1.82) is 0 Å². The lowest BCUT2D eigenvalue weighted by Gasteiger charge is -2.09. The molecule has 1 amide bonds. The van der Waals surface area contributed by atoms with Crippen LogP contribution in [0.5, 0.6) is 0 Å². The molecule has 0 fully saturated rings. The molecule has 2 aromatic carbocycles. The van der Waals surface area contributed by atoms with E-state index in [9.17, 15) is 22.8 Å². The molecule has 7 nitrogen and oxygen atoms in total. The number of aryl methyl sites for hydroxylation is 1. The van der Waals surface area contributed by atoms with Crippen molar-refractivity contribution in [3.63, 3.8) is 0 Å². The zero-order chi connectivity index (χ0) is 20.9. The molecule has 0 radical (unpaired) electrons. The molecule has 0 unspecified atom stereocenters. The minimum atomic E-state index is -3.47. The van der Waals surface area contributed by atoms with Crippen molar-refractivity contribution in [1.82, 2.24) is 5.32 Å². The first-order valence-electron chi connectivity index (χ1n) is 8.42. The molecule has 0 spiro atoms. The van der Waals surface area contributed by atoms with Crippen molar-refractivity contribution >= 4 is 27.5 Å². The maximum atomic E-state index is 12.3. The van der Waals surface area contributed by atoms with Gasteiger partial charge in [-0.05, 0) is 30.2 Å². The molecule has 0 atom stereocenters. The van der Waals surface area contributed by atoms with E-state index in [1.165, 1.54) is 25.1 Å². The van der Waals surface area contributed by atoms with E-state index in [0.717, 1.165) is 11.8 Å². The van der Waals surface area contributed by atoms with E-state index in [2.05, 4.69) is 5.32 Å². The molecule has 0 saturated heterocycles. The molecule has 2 aromatic rings. The lowest BCUT2D eigenvalue weighted by atomic mass is 10.1. The predicted molar refractivity (Wildman–Crippen MR) is 103 cm³/mol. The highest BCUT2D eigenvalue weighted by atomic mass is 32.2. The van der Waals surface area contributed by atoms with Crippen LogP contribution < -0.4 is 5.32 Å². The molecule has 28 heavy (non-hydrogen) atoms. The summed E-state index contributed by atoms with van der Waals surface area (Å²) in [5, 5.41) is 2.65. The Bertz CT molecular complexity index is 1010. The van der Waals surface area contributed by atoms with Crippen LogP contribution in [0.4, 0.5) is 0 Å². The number of carbonyl (C=O) groups excluding carboxylic acids is 3. The van der Waals surface area contributed by atoms with Gasteiger partial charge in [0, 0.05) is 25.3 Å². The Hall–Kier alpha value is -3.00. The van der Waals surface area contributed by atoms with Gasteiger partial charge in [0.05, 0.1) is 10.5 Å². The van der Waals surface area contributed by atoms with Crippen molar-refractivity contribution in [3.8, 4) is 0 Å². The van der Waals surface area contributed by atoms with Crippen LogP contribution in [0.15, 0.2) is 47.4 Å². The van der Waals surface area contributed by atoms with Crippen LogP contribution in [-0.2, 0) is 25.9 Å². The number of carbonyl (C=O) groups is 3. The monoisotopic (exact) mass is 403 g/mol. The molecular weight excluding hydrogens is 382 g/mol. The largest absolute Gasteiger partial charge is 0.454 e. The topological polar surface area (TPSA) is 107 Å². The van der Waals surface area contributed by atoms with Crippen molar-refractivity contribution in [2.24, 2.45) is 0 Å². The fourth-order valence-electron chi connectivity index (χ4n) is 2.38. The quantitative estimate of drug-likeness (QED) is 0.560. The second kappa shape index (κ2) is 8.79. The fraction of sp³-hybridized carbons (Fsp3) is 0.250. The minimum Gasteiger partial charge on any atom is -0.454 e. The van der Waals surface area contributed by atoms with E-state index >= 15 is 0 Å². The summed E-state index contributed by atoms with van der Waals surface area (Å²) in [6.45, 7) is 2.96. The number of sulfone groups is 1. The third-order valence-corrected chi connectivity index (χ3v) is 5.12. The predicted octanol–water partition coefficient (Wildman–Crippen LogP) is 2.07. The smallest absolute Gasteiger partial charge is 0.338 e. The zero-order valence-corrected chi connectivity index (χ0v) is 16.6. The summed E-state index contributed by atoms with van der Waals surface area (Å²) in [5.41, 5.74) is 1.84. The molecule has 0 aromatic heterocycles. The normalized spacial score (nSPS) is 11.0. The number of hydrogen-bond donors (Lipinski definition) is 1. The summed E-state index contributed by atoms with van der Waals surface area (Å²) in [5.74, 6) is -1.31. The highest BCUT2D eigenvalue weighted by Crippen LogP contribution is 2.17. The second-order valence-corrected chi connectivity index (χ2v) is 8.37. The Labute approximate surface area is 163 Å². The van der Waals surface area contributed by atoms with Crippen LogP contribution in [0.25, 0.3) is 0 Å². The van der Waals surface area contributed by atoms with Gasteiger partial charge >= 0.3 is 5.97 Å². The van der Waals surface area contributed by atoms with E-state index in [4.69, 9.17) is 4.74 Å². The molecular formula is C20H21NO6S. The van der Waals surface area contributed by atoms with Crippen LogP contribution in [-0.4, -0.2) is 38.9 Å². The van der Waals surface area contributed by atoms with Gasteiger partial charge in [0.1, 0.15) is 0 Å². The summed E-state index contributed by atoms with van der Waals surface area (Å²) >= 11 is 0. The van der Waals surface area contributed by atoms with Crippen LogP contribution in [0, 0.1) is 6.92 Å². The summed E-state index contributed by atoms with van der Waals surface area (Å²) in [6.07, 6.45) is 1.05. The van der Waals surface area contributed by atoms with Gasteiger partial charge in [0.2, 0.25) is 5.91 Å². The number of hydrogen-bond acceptors (Lipinski definition) is 6. The summed E-state index contributed by atoms with van der Waals surface area (Å²) < 4.78 is 28.4. The van der Waals surface area contributed by atoms with Gasteiger partial charge in [-0.3, -0.25) is 9.59 Å². The first-order valence-corrected chi connectivity index (χ1v) is 10.3. The van der Waals surface area contributed by atoms with Crippen molar-refractivity contribution in [3.05, 3.63) is 64.7 Å². The average Bonchev–Trinajstić information content (AvgIpc) is 2.64. The third kappa shape index (κ3) is 5.75. The second-order valence-electron chi connectivity index (χ2n) is 6.35. The summed E-state index contributed by atoms with van der Waals surface area (Å²) in [4.78, 5) is 35.4. The van der Waals surface area contributed by atoms with E-state index in [1.54, 1.807) is 31.2 Å². The third-order valence-electron chi connectivity index (χ3n) is 4.01. The Morgan fingerprint density at radius 2 is 1.68 bits per heavy atom. The maximum Gasteiger partial charge on any atom is 0.338 e. The van der Waals surface area contributed by atoms with E-state index < -0.39 is 28.2 Å². The lowest BCUT2D eigenvalue weighted by Crippen LogP contribution is -2.19. The highest BCUT2D eigenvalue weighted by Gasteiger charge is 2.17.